The number of nitrogens with zero attached hydrogens (tertiary/aromatic N) is 2. The van der Waals surface area contributed by atoms with E-state index in [0.717, 1.165) is 28.4 Å². The highest BCUT2D eigenvalue weighted by molar-refractivity contribution is 5.80. The Labute approximate surface area is 128 Å². The fraction of sp³-hybridized carbons (Fsp3) is 0.533. The van der Waals surface area contributed by atoms with E-state index in [-0.39, 0.29) is 0 Å². The van der Waals surface area contributed by atoms with Gasteiger partial charge >= 0.3 is 0 Å². The van der Waals surface area contributed by atoms with Gasteiger partial charge in [-0.25, -0.2) is 4.98 Å². The molecular weight excluding hydrogens is 286 g/mol. The number of methoxy groups -OCH3 is 1. The lowest BCUT2D eigenvalue weighted by molar-refractivity contribution is 0.129. The molecule has 2 N–H and O–H groups in total. The summed E-state index contributed by atoms with van der Waals surface area (Å²) in [7, 11) is 1.66. The number of ether oxygens (including phenoxy) is 4. The Morgan fingerprint density at radius 2 is 2.00 bits per heavy atom. The maximum absolute atomic E-state index is 5.65. The van der Waals surface area contributed by atoms with Gasteiger partial charge in [0, 0.05) is 32.3 Å². The molecule has 120 valence electrons. The number of rotatable bonds is 7. The van der Waals surface area contributed by atoms with Crippen LogP contribution in [-0.2, 0) is 22.6 Å². The summed E-state index contributed by atoms with van der Waals surface area (Å²) in [6.07, 6.45) is 0. The van der Waals surface area contributed by atoms with Crippen LogP contribution in [0.3, 0.4) is 0 Å². The number of hydrogen-bond donors (Lipinski definition) is 1. The van der Waals surface area contributed by atoms with E-state index in [4.69, 9.17) is 24.7 Å². The van der Waals surface area contributed by atoms with E-state index in [1.807, 2.05) is 12.1 Å². The largest absolute Gasteiger partial charge is 0.486 e. The molecule has 0 aliphatic carbocycles. The predicted octanol–water partition coefficient (Wildman–Crippen LogP) is 0.929. The Balaban J connectivity index is 1.93. The minimum Gasteiger partial charge on any atom is -0.486 e. The Kier molecular flexibility index (Phi) is 4.77. The molecule has 7 heteroatoms. The standard InChI is InChI=1S/C15H21N3O4/c1-19-10-15-17-11-8-13-14(22-7-6-21-13)9-12(11)18(15)3-5-20-4-2-16/h8-9H,2-7,10,16H2,1H3. The number of benzene rings is 1. The summed E-state index contributed by atoms with van der Waals surface area (Å²) in [5, 5.41) is 0. The van der Waals surface area contributed by atoms with Gasteiger partial charge in [0.2, 0.25) is 0 Å². The van der Waals surface area contributed by atoms with Crippen LogP contribution in [0.25, 0.3) is 11.0 Å². The third-order valence-corrected chi connectivity index (χ3v) is 3.49. The van der Waals surface area contributed by atoms with Crippen molar-refractivity contribution in [1.82, 2.24) is 9.55 Å². The smallest absolute Gasteiger partial charge is 0.163 e. The van der Waals surface area contributed by atoms with Crippen LogP contribution < -0.4 is 15.2 Å². The van der Waals surface area contributed by atoms with Gasteiger partial charge in [0.25, 0.3) is 0 Å². The van der Waals surface area contributed by atoms with Gasteiger partial charge in [0.05, 0.1) is 24.2 Å². The van der Waals surface area contributed by atoms with E-state index in [9.17, 15) is 0 Å². The van der Waals surface area contributed by atoms with E-state index >= 15 is 0 Å². The van der Waals surface area contributed by atoms with Gasteiger partial charge in [-0.05, 0) is 0 Å². The zero-order chi connectivity index (χ0) is 15.4. The monoisotopic (exact) mass is 307 g/mol. The van der Waals surface area contributed by atoms with Gasteiger partial charge in [-0.1, -0.05) is 0 Å². The molecule has 1 aliphatic rings. The van der Waals surface area contributed by atoms with E-state index in [0.29, 0.717) is 46.1 Å². The van der Waals surface area contributed by atoms with Gasteiger partial charge in [-0.3, -0.25) is 0 Å². The first-order valence-electron chi connectivity index (χ1n) is 7.39. The van der Waals surface area contributed by atoms with Crippen molar-refractivity contribution in [1.29, 1.82) is 0 Å². The molecular formula is C15H21N3O4. The molecule has 7 nitrogen and oxygen atoms in total. The second-order valence-electron chi connectivity index (χ2n) is 5.00. The lowest BCUT2D eigenvalue weighted by Crippen LogP contribution is -2.16. The Hall–Kier alpha value is -1.83. The number of hydrogen-bond acceptors (Lipinski definition) is 6. The molecule has 0 bridgehead atoms. The molecule has 2 heterocycles. The highest BCUT2D eigenvalue weighted by atomic mass is 16.6. The number of imidazole rings is 1. The minimum atomic E-state index is 0.442. The summed E-state index contributed by atoms with van der Waals surface area (Å²) < 4.78 is 24.1. The number of fused-ring (bicyclic) bond motifs is 2. The van der Waals surface area contributed by atoms with E-state index in [1.165, 1.54) is 0 Å². The molecule has 0 unspecified atom stereocenters. The number of aromatic nitrogens is 2. The molecule has 3 rings (SSSR count). The van der Waals surface area contributed by atoms with Crippen molar-refractivity contribution in [2.24, 2.45) is 5.73 Å². The summed E-state index contributed by atoms with van der Waals surface area (Å²) in [6, 6.07) is 3.89. The lowest BCUT2D eigenvalue weighted by Gasteiger charge is -2.18. The maximum Gasteiger partial charge on any atom is 0.163 e. The van der Waals surface area contributed by atoms with Gasteiger partial charge in [-0.2, -0.15) is 0 Å². The molecule has 0 saturated heterocycles. The van der Waals surface area contributed by atoms with Crippen molar-refractivity contribution in [3.63, 3.8) is 0 Å². The van der Waals surface area contributed by atoms with Crippen LogP contribution in [0.15, 0.2) is 12.1 Å². The Bertz CT molecular complexity index is 641. The summed E-state index contributed by atoms with van der Waals surface area (Å²) in [6.45, 7) is 3.92. The number of nitrogens with two attached hydrogens (primary N) is 1. The van der Waals surface area contributed by atoms with Crippen molar-refractivity contribution in [3.8, 4) is 11.5 Å². The fourth-order valence-electron chi connectivity index (χ4n) is 2.54. The Morgan fingerprint density at radius 3 is 2.73 bits per heavy atom. The van der Waals surface area contributed by atoms with E-state index in [2.05, 4.69) is 9.55 Å². The summed E-state index contributed by atoms with van der Waals surface area (Å²) in [4.78, 5) is 4.63. The molecule has 1 aromatic heterocycles. The molecule has 0 fully saturated rings. The molecule has 22 heavy (non-hydrogen) atoms. The molecule has 1 aromatic carbocycles. The average molecular weight is 307 g/mol. The molecule has 0 radical (unpaired) electrons. The van der Waals surface area contributed by atoms with Gasteiger partial charge in [0.1, 0.15) is 25.6 Å². The van der Waals surface area contributed by atoms with Gasteiger partial charge < -0.3 is 29.2 Å². The van der Waals surface area contributed by atoms with Crippen LogP contribution in [0.2, 0.25) is 0 Å². The Morgan fingerprint density at radius 1 is 1.23 bits per heavy atom. The molecule has 0 saturated carbocycles. The second-order valence-corrected chi connectivity index (χ2v) is 5.00. The quantitative estimate of drug-likeness (QED) is 0.766. The molecule has 0 amide bonds. The highest BCUT2D eigenvalue weighted by Gasteiger charge is 2.18. The first-order valence-corrected chi connectivity index (χ1v) is 7.39. The van der Waals surface area contributed by atoms with Crippen molar-refractivity contribution in [3.05, 3.63) is 18.0 Å². The van der Waals surface area contributed by atoms with Gasteiger partial charge in [0.15, 0.2) is 11.5 Å². The minimum absolute atomic E-state index is 0.442. The zero-order valence-corrected chi connectivity index (χ0v) is 12.7. The third kappa shape index (κ3) is 3.01. The highest BCUT2D eigenvalue weighted by Crippen LogP contribution is 2.34. The summed E-state index contributed by atoms with van der Waals surface area (Å²) in [5.74, 6) is 2.36. The SMILES string of the molecule is COCc1nc2cc3c(cc2n1CCOCCN)OCCO3. The topological polar surface area (TPSA) is 80.8 Å². The third-order valence-electron chi connectivity index (χ3n) is 3.49. The first kappa shape index (κ1) is 15.1. The second kappa shape index (κ2) is 6.95. The average Bonchev–Trinajstić information content (AvgIpc) is 2.86. The maximum atomic E-state index is 5.65. The van der Waals surface area contributed by atoms with Crippen molar-refractivity contribution < 1.29 is 18.9 Å². The van der Waals surface area contributed by atoms with E-state index in [1.54, 1.807) is 7.11 Å². The van der Waals surface area contributed by atoms with Crippen LogP contribution in [0.4, 0.5) is 0 Å². The zero-order valence-electron chi connectivity index (χ0n) is 12.7. The van der Waals surface area contributed by atoms with Crippen molar-refractivity contribution in [2.75, 3.05) is 40.1 Å². The predicted molar refractivity (Wildman–Crippen MR) is 81.3 cm³/mol. The molecule has 1 aliphatic heterocycles. The lowest BCUT2D eigenvalue weighted by atomic mass is 10.2. The van der Waals surface area contributed by atoms with Gasteiger partial charge in [-0.15, -0.1) is 0 Å². The van der Waals surface area contributed by atoms with Crippen LogP contribution in [0.5, 0.6) is 11.5 Å². The normalized spacial score (nSPS) is 13.7. The van der Waals surface area contributed by atoms with Crippen LogP contribution in [0.1, 0.15) is 5.82 Å². The van der Waals surface area contributed by atoms with Crippen LogP contribution >= 0.6 is 0 Å². The molecule has 2 aromatic rings. The van der Waals surface area contributed by atoms with Crippen LogP contribution in [-0.4, -0.2) is 49.6 Å². The fourth-order valence-corrected chi connectivity index (χ4v) is 2.54. The van der Waals surface area contributed by atoms with E-state index < -0.39 is 0 Å². The molecule has 0 spiro atoms. The summed E-state index contributed by atoms with van der Waals surface area (Å²) in [5.41, 5.74) is 7.30. The molecule has 0 atom stereocenters. The van der Waals surface area contributed by atoms with Crippen molar-refractivity contribution in [2.45, 2.75) is 13.2 Å². The van der Waals surface area contributed by atoms with Crippen molar-refractivity contribution >= 4 is 11.0 Å². The first-order chi connectivity index (χ1) is 10.8. The van der Waals surface area contributed by atoms with Crippen LogP contribution in [0, 0.1) is 0 Å². The summed E-state index contributed by atoms with van der Waals surface area (Å²) >= 11 is 0.